The largest absolute Gasteiger partial charge is 0.376 e. The molecule has 0 aromatic carbocycles. The van der Waals surface area contributed by atoms with Gasteiger partial charge in [0.15, 0.2) is 4.73 Å². The number of ether oxygens (including phenoxy) is 1. The lowest BCUT2D eigenvalue weighted by Crippen LogP contribution is -2.25. The summed E-state index contributed by atoms with van der Waals surface area (Å²) in [6.07, 6.45) is 3.83. The second-order valence-electron chi connectivity index (χ2n) is 3.32. The predicted molar refractivity (Wildman–Crippen MR) is 59.0 cm³/mol. The van der Waals surface area contributed by atoms with Crippen LogP contribution in [-0.2, 0) is 11.3 Å². The Morgan fingerprint density at radius 1 is 1.43 bits per heavy atom. The van der Waals surface area contributed by atoms with Crippen molar-refractivity contribution in [1.82, 2.24) is 14.8 Å². The van der Waals surface area contributed by atoms with Crippen LogP contribution in [0.2, 0.25) is 0 Å². The Morgan fingerprint density at radius 2 is 2.29 bits per heavy atom. The minimum atomic E-state index is 0.286. The third-order valence-corrected chi connectivity index (χ3v) is 3.17. The summed E-state index contributed by atoms with van der Waals surface area (Å²) in [5.41, 5.74) is 0. The minimum Gasteiger partial charge on any atom is -0.376 e. The van der Waals surface area contributed by atoms with Crippen LogP contribution in [-0.4, -0.2) is 27.5 Å². The first-order valence-corrected chi connectivity index (χ1v) is 6.22. The van der Waals surface area contributed by atoms with Gasteiger partial charge in [-0.2, -0.15) is 4.98 Å². The molecule has 1 atom stereocenters. The van der Waals surface area contributed by atoms with Crippen LogP contribution in [0.25, 0.3) is 0 Å². The van der Waals surface area contributed by atoms with Crippen molar-refractivity contribution in [3.63, 3.8) is 0 Å². The van der Waals surface area contributed by atoms with Gasteiger partial charge in [0.05, 0.1) is 12.6 Å². The lowest BCUT2D eigenvalue weighted by Gasteiger charge is -2.22. The molecule has 6 heteroatoms. The summed E-state index contributed by atoms with van der Waals surface area (Å²) in [4.78, 5) is 4.11. The van der Waals surface area contributed by atoms with Crippen molar-refractivity contribution in [2.45, 2.75) is 31.9 Å². The topological polar surface area (TPSA) is 39.9 Å². The Hall–Kier alpha value is 0.0600. The van der Waals surface area contributed by atoms with E-state index in [-0.39, 0.29) is 6.10 Å². The number of hydrogen-bond donors (Lipinski definition) is 0. The van der Waals surface area contributed by atoms with Gasteiger partial charge < -0.3 is 4.74 Å². The summed E-state index contributed by atoms with van der Waals surface area (Å²) < 4.78 is 8.80. The monoisotopic (exact) mass is 323 g/mol. The molecule has 1 saturated heterocycles. The second kappa shape index (κ2) is 4.72. The normalized spacial score (nSPS) is 22.6. The number of halogens is 2. The van der Waals surface area contributed by atoms with E-state index in [2.05, 4.69) is 41.9 Å². The fraction of sp³-hybridized carbons (Fsp3) is 0.750. The van der Waals surface area contributed by atoms with E-state index >= 15 is 0 Å². The molecule has 0 radical (unpaired) electrons. The zero-order valence-electron chi connectivity index (χ0n) is 7.62. The third kappa shape index (κ3) is 2.55. The Labute approximate surface area is 99.3 Å². The highest BCUT2D eigenvalue weighted by molar-refractivity contribution is 9.11. The van der Waals surface area contributed by atoms with E-state index in [1.54, 1.807) is 0 Å². The average Bonchev–Trinajstić information content (AvgIpc) is 2.47. The first-order valence-electron chi connectivity index (χ1n) is 4.63. The smallest absolute Gasteiger partial charge is 0.218 e. The Morgan fingerprint density at radius 3 is 2.86 bits per heavy atom. The maximum atomic E-state index is 5.62. The van der Waals surface area contributed by atoms with Crippen LogP contribution in [0, 0.1) is 0 Å². The van der Waals surface area contributed by atoms with E-state index in [0.717, 1.165) is 24.3 Å². The van der Waals surface area contributed by atoms with E-state index in [9.17, 15) is 0 Å². The van der Waals surface area contributed by atoms with E-state index in [0.29, 0.717) is 4.73 Å². The van der Waals surface area contributed by atoms with Gasteiger partial charge in [-0.3, -0.25) is 0 Å². The minimum absolute atomic E-state index is 0.286. The van der Waals surface area contributed by atoms with Gasteiger partial charge in [0.2, 0.25) is 4.73 Å². The molecule has 78 valence electrons. The van der Waals surface area contributed by atoms with Gasteiger partial charge in [-0.05, 0) is 51.1 Å². The molecule has 14 heavy (non-hydrogen) atoms. The van der Waals surface area contributed by atoms with Crippen molar-refractivity contribution in [1.29, 1.82) is 0 Å². The zero-order valence-corrected chi connectivity index (χ0v) is 10.8. The molecular weight excluding hydrogens is 314 g/mol. The average molecular weight is 325 g/mol. The van der Waals surface area contributed by atoms with Crippen LogP contribution in [0.1, 0.15) is 19.3 Å². The molecule has 1 fully saturated rings. The van der Waals surface area contributed by atoms with E-state index in [1.165, 1.54) is 12.8 Å². The highest BCUT2D eigenvalue weighted by Gasteiger charge is 2.16. The molecule has 1 aromatic rings. The van der Waals surface area contributed by atoms with Crippen LogP contribution in [0.3, 0.4) is 0 Å². The molecule has 1 unspecified atom stereocenters. The molecule has 0 amide bonds. The predicted octanol–water partition coefficient (Wildman–Crippen LogP) is 2.37. The molecule has 0 spiro atoms. The molecule has 0 aliphatic carbocycles. The van der Waals surface area contributed by atoms with Crippen molar-refractivity contribution in [2.75, 3.05) is 6.61 Å². The molecule has 0 bridgehead atoms. The summed E-state index contributed by atoms with van der Waals surface area (Å²) >= 11 is 6.58. The number of aromatic nitrogens is 3. The molecule has 1 aromatic heterocycles. The molecule has 1 aliphatic heterocycles. The summed E-state index contributed by atoms with van der Waals surface area (Å²) in [6, 6.07) is 0. The fourth-order valence-electron chi connectivity index (χ4n) is 1.56. The number of rotatable bonds is 2. The van der Waals surface area contributed by atoms with Crippen LogP contribution < -0.4 is 0 Å². The van der Waals surface area contributed by atoms with Crippen molar-refractivity contribution in [3.8, 4) is 0 Å². The van der Waals surface area contributed by atoms with E-state index in [4.69, 9.17) is 4.74 Å². The van der Waals surface area contributed by atoms with Gasteiger partial charge in [-0.25, -0.2) is 4.68 Å². The van der Waals surface area contributed by atoms with Gasteiger partial charge in [0, 0.05) is 6.61 Å². The third-order valence-electron chi connectivity index (χ3n) is 2.25. The highest BCUT2D eigenvalue weighted by Crippen LogP contribution is 2.17. The van der Waals surface area contributed by atoms with E-state index < -0.39 is 0 Å². The molecule has 1 aliphatic rings. The number of nitrogens with zero attached hydrogens (tertiary/aromatic N) is 3. The van der Waals surface area contributed by atoms with Crippen molar-refractivity contribution in [3.05, 3.63) is 9.47 Å². The lowest BCUT2D eigenvalue weighted by atomic mass is 10.1. The first kappa shape index (κ1) is 10.6. The van der Waals surface area contributed by atoms with Gasteiger partial charge in [0.1, 0.15) is 0 Å². The maximum absolute atomic E-state index is 5.62. The van der Waals surface area contributed by atoms with Gasteiger partial charge in [-0.15, -0.1) is 5.10 Å². The van der Waals surface area contributed by atoms with E-state index in [1.807, 2.05) is 4.68 Å². The number of hydrogen-bond acceptors (Lipinski definition) is 3. The van der Waals surface area contributed by atoms with Gasteiger partial charge in [-0.1, -0.05) is 0 Å². The van der Waals surface area contributed by atoms with Crippen LogP contribution >= 0.6 is 31.9 Å². The molecule has 0 saturated carbocycles. The summed E-state index contributed by atoms with van der Waals surface area (Å²) in [5.74, 6) is 0. The molecule has 2 rings (SSSR count). The molecule has 0 N–H and O–H groups in total. The molecular formula is C8H11Br2N3O. The lowest BCUT2D eigenvalue weighted by molar-refractivity contribution is 0.00349. The Kier molecular flexibility index (Phi) is 3.57. The summed E-state index contributed by atoms with van der Waals surface area (Å²) in [5, 5.41) is 4.20. The van der Waals surface area contributed by atoms with Crippen LogP contribution in [0.4, 0.5) is 0 Å². The summed E-state index contributed by atoms with van der Waals surface area (Å²) in [7, 11) is 0. The molecule has 2 heterocycles. The van der Waals surface area contributed by atoms with Crippen molar-refractivity contribution < 1.29 is 4.74 Å². The van der Waals surface area contributed by atoms with Crippen LogP contribution in [0.5, 0.6) is 0 Å². The zero-order chi connectivity index (χ0) is 9.97. The van der Waals surface area contributed by atoms with Gasteiger partial charge >= 0.3 is 0 Å². The fourth-order valence-corrected chi connectivity index (χ4v) is 2.55. The van der Waals surface area contributed by atoms with Gasteiger partial charge in [0.25, 0.3) is 0 Å². The van der Waals surface area contributed by atoms with Crippen molar-refractivity contribution in [2.24, 2.45) is 0 Å². The van der Waals surface area contributed by atoms with Crippen molar-refractivity contribution >= 4 is 31.9 Å². The SMILES string of the molecule is Brc1nc(Br)n(CC2CCCCO2)n1. The quantitative estimate of drug-likeness (QED) is 0.838. The maximum Gasteiger partial charge on any atom is 0.218 e. The standard InChI is InChI=1S/C8H11Br2N3O/c9-7-11-8(10)13(12-7)5-6-3-1-2-4-14-6/h6H,1-5H2. The molecule has 4 nitrogen and oxygen atoms in total. The Bertz CT molecular complexity index is 310. The highest BCUT2D eigenvalue weighted by atomic mass is 79.9. The Balaban J connectivity index is 1.98. The first-order chi connectivity index (χ1) is 6.75. The second-order valence-corrected chi connectivity index (χ2v) is 4.74. The van der Waals surface area contributed by atoms with Crippen LogP contribution in [0.15, 0.2) is 9.47 Å². The summed E-state index contributed by atoms with van der Waals surface area (Å²) in [6.45, 7) is 1.65.